The first-order chi connectivity index (χ1) is 6.61. The number of rotatable bonds is 2. The number of nitrogens with zero attached hydrogens (tertiary/aromatic N) is 1. The van der Waals surface area contributed by atoms with Crippen molar-refractivity contribution in [1.29, 1.82) is 0 Å². The van der Waals surface area contributed by atoms with Crippen LogP contribution in [0.5, 0.6) is 0 Å². The van der Waals surface area contributed by atoms with Gasteiger partial charge in [-0.05, 0) is 26.0 Å². The number of nitrogens with two attached hydrogens (primary N) is 1. The van der Waals surface area contributed by atoms with Crippen molar-refractivity contribution in [3.8, 4) is 0 Å². The normalized spacial score (nSPS) is 10.0. The van der Waals surface area contributed by atoms with Crippen LogP contribution in [0.4, 0.5) is 10.5 Å². The van der Waals surface area contributed by atoms with Crippen LogP contribution in [0.2, 0.25) is 0 Å². The Balaban J connectivity index is 2.66. The molecule has 0 aliphatic heterocycles. The van der Waals surface area contributed by atoms with E-state index in [9.17, 15) is 4.79 Å². The predicted octanol–water partition coefficient (Wildman–Crippen LogP) is 1.91. The Kier molecular flexibility index (Phi) is 3.48. The van der Waals surface area contributed by atoms with Crippen molar-refractivity contribution in [2.24, 2.45) is 5.84 Å². The summed E-state index contributed by atoms with van der Waals surface area (Å²) in [6.07, 6.45) is -0.719. The van der Waals surface area contributed by atoms with E-state index in [4.69, 9.17) is 10.6 Å². The number of carbonyl (C=O) groups is 1. The van der Waals surface area contributed by atoms with Gasteiger partial charge in [0, 0.05) is 0 Å². The number of benzene rings is 1. The van der Waals surface area contributed by atoms with Gasteiger partial charge in [-0.2, -0.15) is 0 Å². The minimum atomic E-state index is -0.550. The van der Waals surface area contributed by atoms with E-state index in [1.165, 1.54) is 0 Å². The molecule has 0 radical (unpaired) electrons. The Hall–Kier alpha value is -1.55. The lowest BCUT2D eigenvalue weighted by Crippen LogP contribution is -2.39. The molecule has 0 spiro atoms. The third kappa shape index (κ3) is 2.74. The highest BCUT2D eigenvalue weighted by molar-refractivity contribution is 5.86. The third-order valence-electron chi connectivity index (χ3n) is 1.57. The van der Waals surface area contributed by atoms with Crippen molar-refractivity contribution in [2.45, 2.75) is 20.0 Å². The van der Waals surface area contributed by atoms with Crippen LogP contribution >= 0.6 is 0 Å². The Bertz CT molecular complexity index is 298. The summed E-state index contributed by atoms with van der Waals surface area (Å²) in [5, 5.41) is 0.986. The highest BCUT2D eigenvalue weighted by atomic mass is 16.6. The van der Waals surface area contributed by atoms with Gasteiger partial charge in [0.2, 0.25) is 0 Å². The van der Waals surface area contributed by atoms with Gasteiger partial charge in [-0.3, -0.25) is 0 Å². The summed E-state index contributed by atoms with van der Waals surface area (Å²) in [4.78, 5) is 11.3. The number of hydrogen-bond donors (Lipinski definition) is 1. The van der Waals surface area contributed by atoms with Gasteiger partial charge in [0.05, 0.1) is 11.8 Å². The molecule has 1 aromatic rings. The molecule has 1 rings (SSSR count). The Labute approximate surface area is 83.2 Å². The zero-order chi connectivity index (χ0) is 10.6. The summed E-state index contributed by atoms with van der Waals surface area (Å²) >= 11 is 0. The predicted molar refractivity (Wildman–Crippen MR) is 54.7 cm³/mol. The molecular formula is C10H14N2O2. The molecule has 0 heterocycles. The first kappa shape index (κ1) is 10.5. The van der Waals surface area contributed by atoms with Crippen LogP contribution in [0.15, 0.2) is 30.3 Å². The van der Waals surface area contributed by atoms with Gasteiger partial charge in [-0.1, -0.05) is 18.2 Å². The highest BCUT2D eigenvalue weighted by Crippen LogP contribution is 2.10. The molecular weight excluding hydrogens is 180 g/mol. The summed E-state index contributed by atoms with van der Waals surface area (Å²) in [6, 6.07) is 8.93. The molecule has 0 unspecified atom stereocenters. The van der Waals surface area contributed by atoms with E-state index >= 15 is 0 Å². The van der Waals surface area contributed by atoms with E-state index in [0.29, 0.717) is 5.69 Å². The van der Waals surface area contributed by atoms with Gasteiger partial charge in [0.1, 0.15) is 0 Å². The summed E-state index contributed by atoms with van der Waals surface area (Å²) in [7, 11) is 0. The van der Waals surface area contributed by atoms with Crippen molar-refractivity contribution in [3.63, 3.8) is 0 Å². The molecule has 2 N–H and O–H groups in total. The topological polar surface area (TPSA) is 55.6 Å². The number of ether oxygens (including phenoxy) is 1. The van der Waals surface area contributed by atoms with Crippen LogP contribution in [0, 0.1) is 0 Å². The maximum Gasteiger partial charge on any atom is 0.429 e. The average Bonchev–Trinajstić information content (AvgIpc) is 2.17. The standard InChI is InChI=1S/C10H14N2O2/c1-8(2)14-10(13)12(11)9-6-4-3-5-7-9/h3-8H,11H2,1-2H3. The number of carbonyl (C=O) groups excluding carboxylic acids is 1. The van der Waals surface area contributed by atoms with E-state index in [1.54, 1.807) is 38.1 Å². The Morgan fingerprint density at radius 3 is 2.43 bits per heavy atom. The van der Waals surface area contributed by atoms with Crippen molar-refractivity contribution < 1.29 is 9.53 Å². The van der Waals surface area contributed by atoms with Gasteiger partial charge in [0.25, 0.3) is 0 Å². The fourth-order valence-corrected chi connectivity index (χ4v) is 0.952. The van der Waals surface area contributed by atoms with Crippen LogP contribution < -0.4 is 10.9 Å². The summed E-state index contributed by atoms with van der Waals surface area (Å²) < 4.78 is 4.93. The molecule has 4 heteroatoms. The van der Waals surface area contributed by atoms with Crippen LogP contribution in [0.25, 0.3) is 0 Å². The SMILES string of the molecule is CC(C)OC(=O)N(N)c1ccccc1. The Morgan fingerprint density at radius 2 is 1.93 bits per heavy atom. The molecule has 0 atom stereocenters. The lowest BCUT2D eigenvalue weighted by Gasteiger charge is -2.17. The van der Waals surface area contributed by atoms with Gasteiger partial charge >= 0.3 is 6.09 Å². The lowest BCUT2D eigenvalue weighted by atomic mass is 10.3. The molecule has 0 saturated heterocycles. The van der Waals surface area contributed by atoms with E-state index in [2.05, 4.69) is 0 Å². The molecule has 0 aliphatic carbocycles. The van der Waals surface area contributed by atoms with Gasteiger partial charge in [-0.15, -0.1) is 0 Å². The quantitative estimate of drug-likeness (QED) is 0.444. The van der Waals surface area contributed by atoms with Gasteiger partial charge in [0.15, 0.2) is 0 Å². The molecule has 0 aliphatic rings. The Morgan fingerprint density at radius 1 is 1.36 bits per heavy atom. The smallest absolute Gasteiger partial charge is 0.429 e. The van der Waals surface area contributed by atoms with Crippen molar-refractivity contribution in [3.05, 3.63) is 30.3 Å². The molecule has 1 aromatic carbocycles. The summed E-state index contributed by atoms with van der Waals surface area (Å²) in [5.74, 6) is 5.55. The van der Waals surface area contributed by atoms with Crippen molar-refractivity contribution >= 4 is 11.8 Å². The van der Waals surface area contributed by atoms with E-state index < -0.39 is 6.09 Å². The summed E-state index contributed by atoms with van der Waals surface area (Å²) in [6.45, 7) is 3.55. The van der Waals surface area contributed by atoms with Gasteiger partial charge in [-0.25, -0.2) is 15.6 Å². The first-order valence-electron chi connectivity index (χ1n) is 4.41. The molecule has 0 saturated carbocycles. The largest absolute Gasteiger partial charge is 0.445 e. The number of hydrazine groups is 1. The second-order valence-corrected chi connectivity index (χ2v) is 3.14. The molecule has 76 valence electrons. The van der Waals surface area contributed by atoms with Crippen LogP contribution in [0.3, 0.4) is 0 Å². The second kappa shape index (κ2) is 4.62. The maximum atomic E-state index is 11.3. The molecule has 0 fully saturated rings. The number of hydrogen-bond acceptors (Lipinski definition) is 3. The average molecular weight is 194 g/mol. The minimum Gasteiger partial charge on any atom is -0.445 e. The highest BCUT2D eigenvalue weighted by Gasteiger charge is 2.13. The zero-order valence-electron chi connectivity index (χ0n) is 8.31. The zero-order valence-corrected chi connectivity index (χ0v) is 8.31. The number of amides is 1. The van der Waals surface area contributed by atoms with Crippen LogP contribution in [0.1, 0.15) is 13.8 Å². The van der Waals surface area contributed by atoms with Crippen LogP contribution in [-0.4, -0.2) is 12.2 Å². The van der Waals surface area contributed by atoms with E-state index in [-0.39, 0.29) is 6.10 Å². The molecule has 4 nitrogen and oxygen atoms in total. The fourth-order valence-electron chi connectivity index (χ4n) is 0.952. The van der Waals surface area contributed by atoms with E-state index in [0.717, 1.165) is 5.01 Å². The number of anilines is 1. The molecule has 0 bridgehead atoms. The van der Waals surface area contributed by atoms with Gasteiger partial charge < -0.3 is 4.74 Å². The van der Waals surface area contributed by atoms with Crippen LogP contribution in [-0.2, 0) is 4.74 Å². The molecule has 14 heavy (non-hydrogen) atoms. The monoisotopic (exact) mass is 194 g/mol. The molecule has 1 amide bonds. The number of para-hydroxylation sites is 1. The van der Waals surface area contributed by atoms with Crippen molar-refractivity contribution in [2.75, 3.05) is 5.01 Å². The second-order valence-electron chi connectivity index (χ2n) is 3.14. The lowest BCUT2D eigenvalue weighted by molar-refractivity contribution is 0.122. The first-order valence-corrected chi connectivity index (χ1v) is 4.41. The maximum absolute atomic E-state index is 11.3. The summed E-state index contributed by atoms with van der Waals surface area (Å²) in [5.41, 5.74) is 0.609. The third-order valence-corrected chi connectivity index (χ3v) is 1.57. The fraction of sp³-hybridized carbons (Fsp3) is 0.300. The van der Waals surface area contributed by atoms with Crippen molar-refractivity contribution in [1.82, 2.24) is 0 Å². The minimum absolute atomic E-state index is 0.169. The molecule has 0 aromatic heterocycles. The van der Waals surface area contributed by atoms with E-state index in [1.807, 2.05) is 6.07 Å².